The molecule has 3 aromatic rings. The van der Waals surface area contributed by atoms with Crippen LogP contribution < -0.4 is 9.47 Å². The van der Waals surface area contributed by atoms with Gasteiger partial charge in [-0.3, -0.25) is 0 Å². The van der Waals surface area contributed by atoms with Gasteiger partial charge in [0, 0.05) is 5.39 Å². The van der Waals surface area contributed by atoms with E-state index in [-0.39, 0.29) is 22.8 Å². The number of pyridine rings is 1. The predicted octanol–water partition coefficient (Wildman–Crippen LogP) is 7.08. The van der Waals surface area contributed by atoms with Crippen LogP contribution >= 0.6 is 0 Å². The quantitative estimate of drug-likeness (QED) is 0.390. The van der Waals surface area contributed by atoms with E-state index in [9.17, 15) is 18.7 Å². The summed E-state index contributed by atoms with van der Waals surface area (Å²) < 4.78 is 35.3. The molecule has 2 aromatic carbocycles. The number of carboxylic acid groups (broad SMARTS) is 1. The van der Waals surface area contributed by atoms with E-state index in [1.54, 1.807) is 18.2 Å². The smallest absolute Gasteiger partial charge is 0.387 e. The van der Waals surface area contributed by atoms with Gasteiger partial charge in [0.1, 0.15) is 0 Å². The number of methoxy groups -OCH3 is 1. The Kier molecular flexibility index (Phi) is 6.79. The van der Waals surface area contributed by atoms with Crippen LogP contribution in [0.3, 0.4) is 0 Å². The maximum Gasteiger partial charge on any atom is 0.387 e. The van der Waals surface area contributed by atoms with Gasteiger partial charge in [-0.05, 0) is 65.1 Å². The first-order chi connectivity index (χ1) is 16.6. The number of halogens is 2. The van der Waals surface area contributed by atoms with E-state index in [2.05, 4.69) is 25.5 Å². The predicted molar refractivity (Wildman–Crippen MR) is 132 cm³/mol. The average molecular weight is 482 g/mol. The molecule has 1 unspecified atom stereocenters. The van der Waals surface area contributed by atoms with Gasteiger partial charge < -0.3 is 14.6 Å². The van der Waals surface area contributed by atoms with Crippen molar-refractivity contribution in [3.63, 3.8) is 0 Å². The molecule has 0 spiro atoms. The molecular weight excluding hydrogens is 452 g/mol. The van der Waals surface area contributed by atoms with Gasteiger partial charge in [0.15, 0.2) is 11.5 Å². The number of carbonyl (C=O) groups is 1. The minimum atomic E-state index is -2.96. The molecule has 1 atom stereocenters. The van der Waals surface area contributed by atoms with Crippen LogP contribution in [0.2, 0.25) is 0 Å². The highest BCUT2D eigenvalue weighted by Gasteiger charge is 2.36. The molecule has 0 amide bonds. The average Bonchev–Trinajstić information content (AvgIpc) is 2.82. The van der Waals surface area contributed by atoms with Gasteiger partial charge in [-0.25, -0.2) is 9.78 Å². The van der Waals surface area contributed by atoms with Gasteiger partial charge in [-0.1, -0.05) is 51.5 Å². The zero-order valence-corrected chi connectivity index (χ0v) is 20.3. The Morgan fingerprint density at radius 2 is 1.94 bits per heavy atom. The van der Waals surface area contributed by atoms with Crippen LogP contribution in [0.5, 0.6) is 11.5 Å². The summed E-state index contributed by atoms with van der Waals surface area (Å²) in [5.74, 6) is -0.616. The van der Waals surface area contributed by atoms with E-state index in [0.29, 0.717) is 28.6 Å². The molecule has 4 rings (SSSR count). The Morgan fingerprint density at radius 3 is 2.60 bits per heavy atom. The molecule has 1 heterocycles. The molecule has 5 nitrogen and oxygen atoms in total. The Bertz CT molecular complexity index is 1300. The van der Waals surface area contributed by atoms with Crippen molar-refractivity contribution in [1.29, 1.82) is 0 Å². The molecule has 1 aliphatic rings. The fourth-order valence-electron chi connectivity index (χ4n) is 4.78. The van der Waals surface area contributed by atoms with Crippen LogP contribution in [-0.4, -0.2) is 29.8 Å². The van der Waals surface area contributed by atoms with Crippen LogP contribution in [0.25, 0.3) is 22.6 Å². The zero-order chi connectivity index (χ0) is 25.3. The molecule has 0 fully saturated rings. The Labute approximate surface area is 203 Å². The van der Waals surface area contributed by atoms with Gasteiger partial charge >= 0.3 is 12.6 Å². The number of fused-ring (bicyclic) bond motifs is 2. The maximum atomic E-state index is 12.7. The van der Waals surface area contributed by atoms with E-state index in [0.717, 1.165) is 29.5 Å². The molecule has 1 aromatic heterocycles. The summed E-state index contributed by atoms with van der Waals surface area (Å²) in [6, 6.07) is 12.1. The molecule has 184 valence electrons. The summed E-state index contributed by atoms with van der Waals surface area (Å²) in [6.45, 7) is 3.59. The highest BCUT2D eigenvalue weighted by Crippen LogP contribution is 2.46. The summed E-state index contributed by atoms with van der Waals surface area (Å²) in [7, 11) is 1.40. The number of aromatic carboxylic acids is 1. The molecule has 0 bridgehead atoms. The summed E-state index contributed by atoms with van der Waals surface area (Å²) in [5.41, 5.74) is 3.96. The summed E-state index contributed by atoms with van der Waals surface area (Å²) in [4.78, 5) is 17.3. The molecule has 0 radical (unpaired) electrons. The van der Waals surface area contributed by atoms with Gasteiger partial charge in [0.25, 0.3) is 0 Å². The number of carboxylic acids is 1. The van der Waals surface area contributed by atoms with Crippen molar-refractivity contribution in [2.24, 2.45) is 11.3 Å². The van der Waals surface area contributed by atoms with Crippen molar-refractivity contribution in [2.75, 3.05) is 7.11 Å². The van der Waals surface area contributed by atoms with Crippen LogP contribution in [0.15, 0.2) is 42.5 Å². The lowest BCUT2D eigenvalue weighted by Crippen LogP contribution is -2.30. The lowest BCUT2D eigenvalue weighted by molar-refractivity contribution is -0.0512. The molecule has 0 aliphatic heterocycles. The second kappa shape index (κ2) is 9.64. The van der Waals surface area contributed by atoms with Crippen LogP contribution in [-0.2, 0) is 6.42 Å². The first-order valence-corrected chi connectivity index (χ1v) is 11.6. The van der Waals surface area contributed by atoms with Crippen LogP contribution in [0.1, 0.15) is 60.8 Å². The van der Waals surface area contributed by atoms with Gasteiger partial charge in [-0.2, -0.15) is 8.78 Å². The van der Waals surface area contributed by atoms with E-state index in [1.165, 1.54) is 13.2 Å². The van der Waals surface area contributed by atoms with Crippen molar-refractivity contribution in [3.05, 3.63) is 64.8 Å². The summed E-state index contributed by atoms with van der Waals surface area (Å²) in [5, 5.41) is 10.8. The zero-order valence-electron chi connectivity index (χ0n) is 20.3. The largest absolute Gasteiger partial charge is 0.493 e. The third kappa shape index (κ3) is 4.85. The number of nitrogens with zero attached hydrogens (tertiary/aromatic N) is 1. The lowest BCUT2D eigenvalue weighted by Gasteiger charge is -2.38. The van der Waals surface area contributed by atoms with E-state index < -0.39 is 12.6 Å². The van der Waals surface area contributed by atoms with Crippen molar-refractivity contribution in [3.8, 4) is 11.5 Å². The molecule has 1 N–H and O–H groups in total. The SMILES string of the molecule is CCC(C)(C)C1CC(=Cc2ccc(OC(F)F)c(OC)c2)c2nc3ccccc3c(C(=O)O)c2C1. The summed E-state index contributed by atoms with van der Waals surface area (Å²) in [6.07, 6.45) is 4.23. The van der Waals surface area contributed by atoms with Crippen molar-refractivity contribution >= 4 is 28.5 Å². The fourth-order valence-corrected chi connectivity index (χ4v) is 4.78. The van der Waals surface area contributed by atoms with E-state index in [1.807, 2.05) is 24.3 Å². The minimum Gasteiger partial charge on any atom is -0.493 e. The van der Waals surface area contributed by atoms with Crippen molar-refractivity contribution in [2.45, 2.75) is 46.6 Å². The lowest BCUT2D eigenvalue weighted by atomic mass is 9.67. The monoisotopic (exact) mass is 481 g/mol. The number of aromatic nitrogens is 1. The third-order valence-electron chi connectivity index (χ3n) is 7.19. The normalized spacial score (nSPS) is 17.0. The molecule has 1 aliphatic carbocycles. The second-order valence-electron chi connectivity index (χ2n) is 9.54. The van der Waals surface area contributed by atoms with Gasteiger partial charge in [0.2, 0.25) is 0 Å². The molecule has 0 saturated heterocycles. The van der Waals surface area contributed by atoms with Gasteiger partial charge in [0.05, 0.1) is 23.9 Å². The van der Waals surface area contributed by atoms with Gasteiger partial charge in [-0.15, -0.1) is 0 Å². The maximum absolute atomic E-state index is 12.7. The molecule has 0 saturated carbocycles. The number of para-hydroxylation sites is 1. The Balaban J connectivity index is 1.92. The minimum absolute atomic E-state index is 0.0230. The third-order valence-corrected chi connectivity index (χ3v) is 7.19. The van der Waals surface area contributed by atoms with E-state index >= 15 is 0 Å². The highest BCUT2D eigenvalue weighted by atomic mass is 19.3. The first kappa shape index (κ1) is 24.6. The molecular formula is C28H29F2NO4. The Hall–Kier alpha value is -3.48. The number of allylic oxidation sites excluding steroid dienone is 1. The second-order valence-corrected chi connectivity index (χ2v) is 9.54. The van der Waals surface area contributed by atoms with Crippen molar-refractivity contribution < 1.29 is 28.2 Å². The Morgan fingerprint density at radius 1 is 1.20 bits per heavy atom. The number of hydrogen-bond acceptors (Lipinski definition) is 4. The summed E-state index contributed by atoms with van der Waals surface area (Å²) >= 11 is 0. The number of alkyl halides is 2. The van der Waals surface area contributed by atoms with Crippen molar-refractivity contribution in [1.82, 2.24) is 4.98 Å². The number of rotatable bonds is 7. The van der Waals surface area contributed by atoms with E-state index in [4.69, 9.17) is 9.72 Å². The number of hydrogen-bond donors (Lipinski definition) is 1. The standard InChI is InChI=1S/C28H29F2NO4/c1-5-28(2,3)18-14-17(12-16-10-11-22(35-27(29)30)23(13-16)34-4)25-20(15-18)24(26(32)33)19-8-6-7-9-21(19)31-25/h6-13,18,27H,5,14-15H2,1-4H3,(H,32,33). The highest BCUT2D eigenvalue weighted by molar-refractivity contribution is 6.06. The van der Waals surface area contributed by atoms with Crippen LogP contribution in [0, 0.1) is 11.3 Å². The molecule has 7 heteroatoms. The number of ether oxygens (including phenoxy) is 2. The fraction of sp³-hybridized carbons (Fsp3) is 0.357. The number of benzene rings is 2. The first-order valence-electron chi connectivity index (χ1n) is 11.6. The topological polar surface area (TPSA) is 68.7 Å². The van der Waals surface area contributed by atoms with Crippen LogP contribution in [0.4, 0.5) is 8.78 Å². The molecule has 35 heavy (non-hydrogen) atoms.